The van der Waals surface area contributed by atoms with Gasteiger partial charge in [0.1, 0.15) is 29.8 Å². The van der Waals surface area contributed by atoms with Crippen LogP contribution in [0, 0.1) is 0 Å². The summed E-state index contributed by atoms with van der Waals surface area (Å²) in [5, 5.41) is 0. The van der Waals surface area contributed by atoms with E-state index < -0.39 is 5.79 Å². The van der Waals surface area contributed by atoms with Gasteiger partial charge in [-0.05, 0) is 24.3 Å². The van der Waals surface area contributed by atoms with Gasteiger partial charge in [-0.2, -0.15) is 0 Å². The van der Waals surface area contributed by atoms with Crippen molar-refractivity contribution in [1.29, 1.82) is 0 Å². The second-order valence-electron chi connectivity index (χ2n) is 5.87. The molecule has 2 aromatic carbocycles. The molecule has 1 unspecified atom stereocenters. The van der Waals surface area contributed by atoms with Crippen molar-refractivity contribution in [1.82, 2.24) is 0 Å². The van der Waals surface area contributed by atoms with Crippen molar-refractivity contribution in [2.45, 2.75) is 25.2 Å². The van der Waals surface area contributed by atoms with Crippen molar-refractivity contribution >= 4 is 0 Å². The van der Waals surface area contributed by atoms with Gasteiger partial charge in [0.15, 0.2) is 6.10 Å². The Bertz CT molecular complexity index is 661. The highest BCUT2D eigenvalue weighted by atomic mass is 16.8. The number of rotatable bonds is 8. The Kier molecular flexibility index (Phi) is 5.85. The average Bonchev–Trinajstić information content (AvgIpc) is 3.23. The van der Waals surface area contributed by atoms with Crippen LogP contribution in [0.2, 0.25) is 0 Å². The van der Waals surface area contributed by atoms with E-state index in [1.54, 1.807) is 14.2 Å². The zero-order valence-electron chi connectivity index (χ0n) is 15.3. The van der Waals surface area contributed by atoms with Crippen LogP contribution in [0.5, 0.6) is 23.0 Å². The van der Waals surface area contributed by atoms with Crippen molar-refractivity contribution in [2.24, 2.45) is 0 Å². The van der Waals surface area contributed by atoms with Crippen LogP contribution in [-0.4, -0.2) is 39.5 Å². The fourth-order valence-corrected chi connectivity index (χ4v) is 2.84. The maximum atomic E-state index is 6.31. The standard InChI is InChI=1S/C20H24O6/c1-4-20(19-13-23-14-24-19,25-17-9-5-7-15(11-17)21-2)26-18-10-6-8-16(12-18)22-3/h5-12,19H,4,13-14H2,1-3H3. The molecule has 3 rings (SSSR count). The summed E-state index contributed by atoms with van der Waals surface area (Å²) in [7, 11) is 3.24. The molecule has 2 aromatic rings. The van der Waals surface area contributed by atoms with Gasteiger partial charge in [0.05, 0.1) is 20.8 Å². The van der Waals surface area contributed by atoms with E-state index in [4.69, 9.17) is 28.4 Å². The SMILES string of the molecule is CCC(Oc1cccc(OC)c1)(Oc1cccc(OC)c1)C1COCO1. The normalized spacial score (nSPS) is 17.0. The van der Waals surface area contributed by atoms with Gasteiger partial charge < -0.3 is 28.4 Å². The van der Waals surface area contributed by atoms with Crippen LogP contribution >= 0.6 is 0 Å². The quantitative estimate of drug-likeness (QED) is 0.670. The van der Waals surface area contributed by atoms with Gasteiger partial charge in [0, 0.05) is 18.6 Å². The number of ether oxygens (including phenoxy) is 6. The van der Waals surface area contributed by atoms with Crippen LogP contribution in [0.25, 0.3) is 0 Å². The fraction of sp³-hybridized carbons (Fsp3) is 0.400. The lowest BCUT2D eigenvalue weighted by atomic mass is 10.1. The second-order valence-corrected chi connectivity index (χ2v) is 5.87. The van der Waals surface area contributed by atoms with Crippen LogP contribution in [0.15, 0.2) is 48.5 Å². The largest absolute Gasteiger partial charge is 0.497 e. The predicted molar refractivity (Wildman–Crippen MR) is 96.0 cm³/mol. The summed E-state index contributed by atoms with van der Waals surface area (Å²) in [5.41, 5.74) is 0. The first kappa shape index (κ1) is 18.4. The topological polar surface area (TPSA) is 55.4 Å². The highest BCUT2D eigenvalue weighted by Gasteiger charge is 2.46. The summed E-state index contributed by atoms with van der Waals surface area (Å²) in [6.07, 6.45) is 0.181. The third kappa shape index (κ3) is 4.03. The molecule has 1 heterocycles. The molecule has 1 fully saturated rings. The molecule has 0 spiro atoms. The summed E-state index contributed by atoms with van der Waals surface area (Å²) in [6.45, 7) is 2.60. The van der Waals surface area contributed by atoms with Gasteiger partial charge in [-0.1, -0.05) is 19.1 Å². The molecule has 0 bridgehead atoms. The zero-order valence-corrected chi connectivity index (χ0v) is 15.3. The Morgan fingerprint density at radius 1 is 0.923 bits per heavy atom. The van der Waals surface area contributed by atoms with E-state index in [9.17, 15) is 0 Å². The van der Waals surface area contributed by atoms with E-state index in [0.717, 1.165) is 0 Å². The first-order valence-electron chi connectivity index (χ1n) is 8.54. The lowest BCUT2D eigenvalue weighted by molar-refractivity contribution is -0.187. The number of methoxy groups -OCH3 is 2. The summed E-state index contributed by atoms with van der Waals surface area (Å²) in [6, 6.07) is 14.8. The Labute approximate surface area is 153 Å². The monoisotopic (exact) mass is 360 g/mol. The minimum absolute atomic E-state index is 0.218. The summed E-state index contributed by atoms with van der Waals surface area (Å²) in [5.74, 6) is 1.62. The molecule has 6 nitrogen and oxygen atoms in total. The van der Waals surface area contributed by atoms with Crippen molar-refractivity contribution in [3.63, 3.8) is 0 Å². The minimum Gasteiger partial charge on any atom is -0.497 e. The van der Waals surface area contributed by atoms with Gasteiger partial charge in [-0.25, -0.2) is 0 Å². The number of hydrogen-bond donors (Lipinski definition) is 0. The molecule has 1 atom stereocenters. The van der Waals surface area contributed by atoms with Crippen LogP contribution in [-0.2, 0) is 9.47 Å². The molecular weight excluding hydrogens is 336 g/mol. The smallest absolute Gasteiger partial charge is 0.279 e. The van der Waals surface area contributed by atoms with Crippen LogP contribution in [0.3, 0.4) is 0 Å². The Balaban J connectivity index is 1.92. The van der Waals surface area contributed by atoms with Crippen molar-refractivity contribution < 1.29 is 28.4 Å². The minimum atomic E-state index is -1.05. The molecule has 0 radical (unpaired) electrons. The maximum Gasteiger partial charge on any atom is 0.279 e. The van der Waals surface area contributed by atoms with Crippen LogP contribution in [0.1, 0.15) is 13.3 Å². The highest BCUT2D eigenvalue weighted by Crippen LogP contribution is 2.34. The van der Waals surface area contributed by atoms with E-state index in [0.29, 0.717) is 36.0 Å². The van der Waals surface area contributed by atoms with Gasteiger partial charge in [-0.3, -0.25) is 0 Å². The summed E-state index contributed by atoms with van der Waals surface area (Å²) in [4.78, 5) is 0. The molecule has 6 heteroatoms. The van der Waals surface area contributed by atoms with Crippen molar-refractivity contribution in [3.05, 3.63) is 48.5 Å². The Hall–Kier alpha value is -2.44. The van der Waals surface area contributed by atoms with E-state index in [2.05, 4.69) is 0 Å². The molecular formula is C20H24O6. The van der Waals surface area contributed by atoms with Crippen molar-refractivity contribution in [2.75, 3.05) is 27.6 Å². The number of hydrogen-bond acceptors (Lipinski definition) is 6. The summed E-state index contributed by atoms with van der Waals surface area (Å²) >= 11 is 0. The molecule has 0 saturated carbocycles. The molecule has 0 amide bonds. The first-order chi connectivity index (χ1) is 12.7. The highest BCUT2D eigenvalue weighted by molar-refractivity contribution is 5.35. The summed E-state index contributed by atoms with van der Waals surface area (Å²) < 4.78 is 34.3. The zero-order chi connectivity index (χ0) is 18.4. The maximum absolute atomic E-state index is 6.31. The van der Waals surface area contributed by atoms with Crippen LogP contribution < -0.4 is 18.9 Å². The Morgan fingerprint density at radius 2 is 1.46 bits per heavy atom. The Morgan fingerprint density at radius 3 is 1.88 bits per heavy atom. The number of benzene rings is 2. The third-order valence-electron chi connectivity index (χ3n) is 4.27. The van der Waals surface area contributed by atoms with Gasteiger partial charge in [-0.15, -0.1) is 0 Å². The molecule has 0 aliphatic carbocycles. The van der Waals surface area contributed by atoms with E-state index in [1.165, 1.54) is 0 Å². The average molecular weight is 360 g/mol. The molecule has 0 aromatic heterocycles. The molecule has 0 N–H and O–H groups in total. The molecule has 1 aliphatic heterocycles. The van der Waals surface area contributed by atoms with Gasteiger partial charge in [0.25, 0.3) is 5.79 Å². The molecule has 1 saturated heterocycles. The van der Waals surface area contributed by atoms with E-state index in [1.807, 2.05) is 55.5 Å². The lowest BCUT2D eigenvalue weighted by Crippen LogP contribution is -2.53. The van der Waals surface area contributed by atoms with Gasteiger partial charge >= 0.3 is 0 Å². The molecule has 140 valence electrons. The van der Waals surface area contributed by atoms with Gasteiger partial charge in [0.2, 0.25) is 0 Å². The van der Waals surface area contributed by atoms with Crippen molar-refractivity contribution in [3.8, 4) is 23.0 Å². The molecule has 1 aliphatic rings. The van der Waals surface area contributed by atoms with E-state index in [-0.39, 0.29) is 12.9 Å². The predicted octanol–water partition coefficient (Wildman–Crippen LogP) is 3.64. The molecule has 26 heavy (non-hydrogen) atoms. The fourth-order valence-electron chi connectivity index (χ4n) is 2.84. The first-order valence-corrected chi connectivity index (χ1v) is 8.54. The van der Waals surface area contributed by atoms with E-state index >= 15 is 0 Å². The lowest BCUT2D eigenvalue weighted by Gasteiger charge is -2.37. The third-order valence-corrected chi connectivity index (χ3v) is 4.27. The van der Waals surface area contributed by atoms with Crippen LogP contribution in [0.4, 0.5) is 0 Å². The second kappa shape index (κ2) is 8.29.